The molecule has 0 aromatic carbocycles. The standard InChI is InChI=1S/C14H21N3O/c18-8-10-4-3-7-12(10)17-14-11-5-1-2-6-13(11)15-9-16-14/h9-10,12,18H,1-8H2,(H,15,16,17). The number of hydrogen-bond donors (Lipinski definition) is 2. The SMILES string of the molecule is OCC1CCCC1Nc1ncnc2c1CCCC2. The molecule has 0 radical (unpaired) electrons. The first kappa shape index (κ1) is 11.9. The van der Waals surface area contributed by atoms with Gasteiger partial charge in [-0.1, -0.05) is 6.42 Å². The van der Waals surface area contributed by atoms with Gasteiger partial charge >= 0.3 is 0 Å². The van der Waals surface area contributed by atoms with E-state index in [9.17, 15) is 5.11 Å². The Morgan fingerprint density at radius 3 is 2.94 bits per heavy atom. The van der Waals surface area contributed by atoms with Crippen LogP contribution in [0.4, 0.5) is 5.82 Å². The molecule has 0 saturated heterocycles. The van der Waals surface area contributed by atoms with Gasteiger partial charge in [0.15, 0.2) is 0 Å². The topological polar surface area (TPSA) is 58.0 Å². The van der Waals surface area contributed by atoms with Crippen LogP contribution in [0.25, 0.3) is 0 Å². The number of aliphatic hydroxyl groups excluding tert-OH is 1. The molecule has 1 saturated carbocycles. The maximum Gasteiger partial charge on any atom is 0.133 e. The lowest BCUT2D eigenvalue weighted by Crippen LogP contribution is -2.28. The predicted octanol–water partition coefficient (Wildman–Crippen LogP) is 1.93. The Bertz CT molecular complexity index is 422. The van der Waals surface area contributed by atoms with Gasteiger partial charge in [-0.05, 0) is 38.5 Å². The Morgan fingerprint density at radius 2 is 2.06 bits per heavy atom. The third-order valence-corrected chi connectivity index (χ3v) is 4.34. The van der Waals surface area contributed by atoms with Crippen molar-refractivity contribution in [3.05, 3.63) is 17.6 Å². The smallest absolute Gasteiger partial charge is 0.133 e. The van der Waals surface area contributed by atoms with Gasteiger partial charge < -0.3 is 10.4 Å². The highest BCUT2D eigenvalue weighted by molar-refractivity contribution is 5.48. The first-order chi connectivity index (χ1) is 8.88. The predicted molar refractivity (Wildman–Crippen MR) is 70.5 cm³/mol. The number of aryl methyl sites for hydroxylation is 1. The van der Waals surface area contributed by atoms with Gasteiger partial charge in [0.2, 0.25) is 0 Å². The molecular formula is C14H21N3O. The molecule has 2 aliphatic carbocycles. The first-order valence-corrected chi connectivity index (χ1v) is 7.08. The van der Waals surface area contributed by atoms with Crippen molar-refractivity contribution in [2.24, 2.45) is 5.92 Å². The highest BCUT2D eigenvalue weighted by Crippen LogP contribution is 2.30. The van der Waals surface area contributed by atoms with E-state index in [0.717, 1.165) is 31.5 Å². The molecule has 0 spiro atoms. The third kappa shape index (κ3) is 2.21. The molecule has 1 heterocycles. The summed E-state index contributed by atoms with van der Waals surface area (Å²) in [4.78, 5) is 8.81. The van der Waals surface area contributed by atoms with Gasteiger partial charge in [-0.15, -0.1) is 0 Å². The summed E-state index contributed by atoms with van der Waals surface area (Å²) in [6.45, 7) is 0.283. The molecule has 3 rings (SSSR count). The van der Waals surface area contributed by atoms with E-state index in [1.54, 1.807) is 6.33 Å². The fourth-order valence-electron chi connectivity index (χ4n) is 3.27. The molecule has 2 N–H and O–H groups in total. The van der Waals surface area contributed by atoms with E-state index in [2.05, 4.69) is 15.3 Å². The van der Waals surface area contributed by atoms with Crippen LogP contribution in [-0.2, 0) is 12.8 Å². The van der Waals surface area contributed by atoms with Crippen LogP contribution in [0, 0.1) is 5.92 Å². The fraction of sp³-hybridized carbons (Fsp3) is 0.714. The molecule has 4 heteroatoms. The average molecular weight is 247 g/mol. The molecule has 0 amide bonds. The zero-order valence-corrected chi connectivity index (χ0v) is 10.7. The zero-order valence-electron chi connectivity index (χ0n) is 10.7. The van der Waals surface area contributed by atoms with Crippen LogP contribution in [-0.4, -0.2) is 27.7 Å². The number of aromatic nitrogens is 2. The van der Waals surface area contributed by atoms with Gasteiger partial charge in [0.1, 0.15) is 12.1 Å². The van der Waals surface area contributed by atoms with Crippen molar-refractivity contribution >= 4 is 5.82 Å². The van der Waals surface area contributed by atoms with Gasteiger partial charge in [-0.2, -0.15) is 0 Å². The Morgan fingerprint density at radius 1 is 1.17 bits per heavy atom. The summed E-state index contributed by atoms with van der Waals surface area (Å²) < 4.78 is 0. The molecule has 2 atom stereocenters. The number of nitrogens with zero attached hydrogens (tertiary/aromatic N) is 2. The lowest BCUT2D eigenvalue weighted by atomic mass is 9.96. The van der Waals surface area contributed by atoms with Crippen LogP contribution in [0.3, 0.4) is 0 Å². The van der Waals surface area contributed by atoms with Crippen LogP contribution in [0.5, 0.6) is 0 Å². The fourth-order valence-corrected chi connectivity index (χ4v) is 3.27. The van der Waals surface area contributed by atoms with Crippen molar-refractivity contribution in [1.82, 2.24) is 9.97 Å². The maximum absolute atomic E-state index is 9.38. The second-order valence-corrected chi connectivity index (χ2v) is 5.48. The van der Waals surface area contributed by atoms with Crippen molar-refractivity contribution in [3.8, 4) is 0 Å². The van der Waals surface area contributed by atoms with Crippen LogP contribution < -0.4 is 5.32 Å². The summed E-state index contributed by atoms with van der Waals surface area (Å²) in [5.74, 6) is 1.41. The maximum atomic E-state index is 9.38. The van der Waals surface area contributed by atoms with E-state index in [0.29, 0.717) is 12.0 Å². The normalized spacial score (nSPS) is 26.9. The Hall–Kier alpha value is -1.16. The summed E-state index contributed by atoms with van der Waals surface area (Å²) in [5, 5.41) is 12.9. The van der Waals surface area contributed by atoms with E-state index in [-0.39, 0.29) is 6.61 Å². The number of hydrogen-bond acceptors (Lipinski definition) is 4. The van der Waals surface area contributed by atoms with Gasteiger partial charge in [0.05, 0.1) is 0 Å². The summed E-state index contributed by atoms with van der Waals surface area (Å²) in [6.07, 6.45) is 9.81. The molecule has 0 bridgehead atoms. The van der Waals surface area contributed by atoms with Crippen molar-refractivity contribution in [2.45, 2.75) is 51.0 Å². The molecule has 0 aliphatic heterocycles. The molecule has 98 valence electrons. The van der Waals surface area contributed by atoms with Crippen molar-refractivity contribution < 1.29 is 5.11 Å². The minimum absolute atomic E-state index is 0.283. The van der Waals surface area contributed by atoms with Crippen LogP contribution in [0.1, 0.15) is 43.4 Å². The minimum Gasteiger partial charge on any atom is -0.396 e. The second kappa shape index (κ2) is 5.22. The molecule has 1 aromatic rings. The van der Waals surface area contributed by atoms with Crippen molar-refractivity contribution in [2.75, 3.05) is 11.9 Å². The highest BCUT2D eigenvalue weighted by atomic mass is 16.3. The Kier molecular flexibility index (Phi) is 3.46. The van der Waals surface area contributed by atoms with Gasteiger partial charge in [-0.3, -0.25) is 0 Å². The minimum atomic E-state index is 0.283. The first-order valence-electron chi connectivity index (χ1n) is 7.08. The second-order valence-electron chi connectivity index (χ2n) is 5.48. The summed E-state index contributed by atoms with van der Waals surface area (Å²) in [6, 6.07) is 0.385. The Labute approximate surface area is 108 Å². The molecule has 2 unspecified atom stereocenters. The number of nitrogens with one attached hydrogen (secondary N) is 1. The molecule has 4 nitrogen and oxygen atoms in total. The lowest BCUT2D eigenvalue weighted by Gasteiger charge is -2.23. The Balaban J connectivity index is 1.80. The molecule has 1 aromatic heterocycles. The van der Waals surface area contributed by atoms with Crippen LogP contribution in [0.15, 0.2) is 6.33 Å². The van der Waals surface area contributed by atoms with Gasteiger partial charge in [0, 0.05) is 29.8 Å². The van der Waals surface area contributed by atoms with E-state index >= 15 is 0 Å². The van der Waals surface area contributed by atoms with Crippen molar-refractivity contribution in [3.63, 3.8) is 0 Å². The zero-order chi connectivity index (χ0) is 12.4. The van der Waals surface area contributed by atoms with Gasteiger partial charge in [0.25, 0.3) is 0 Å². The average Bonchev–Trinajstić information content (AvgIpc) is 2.86. The van der Waals surface area contributed by atoms with E-state index in [4.69, 9.17) is 0 Å². The van der Waals surface area contributed by atoms with E-state index in [1.165, 1.54) is 30.5 Å². The summed E-state index contributed by atoms with van der Waals surface area (Å²) >= 11 is 0. The van der Waals surface area contributed by atoms with E-state index < -0.39 is 0 Å². The molecule has 1 fully saturated rings. The number of fused-ring (bicyclic) bond motifs is 1. The van der Waals surface area contributed by atoms with Crippen LogP contribution >= 0.6 is 0 Å². The van der Waals surface area contributed by atoms with Gasteiger partial charge in [-0.25, -0.2) is 9.97 Å². The molecule has 2 aliphatic rings. The summed E-state index contributed by atoms with van der Waals surface area (Å²) in [5.41, 5.74) is 2.53. The quantitative estimate of drug-likeness (QED) is 0.857. The van der Waals surface area contributed by atoms with Crippen molar-refractivity contribution in [1.29, 1.82) is 0 Å². The molecule has 18 heavy (non-hydrogen) atoms. The highest BCUT2D eigenvalue weighted by Gasteiger charge is 2.28. The third-order valence-electron chi connectivity index (χ3n) is 4.34. The van der Waals surface area contributed by atoms with Crippen LogP contribution in [0.2, 0.25) is 0 Å². The van der Waals surface area contributed by atoms with E-state index in [1.807, 2.05) is 0 Å². The monoisotopic (exact) mass is 247 g/mol. The largest absolute Gasteiger partial charge is 0.396 e. The lowest BCUT2D eigenvalue weighted by molar-refractivity contribution is 0.222. The molecular weight excluding hydrogens is 226 g/mol. The number of rotatable bonds is 3. The number of anilines is 1. The summed E-state index contributed by atoms with van der Waals surface area (Å²) in [7, 11) is 0. The number of aliphatic hydroxyl groups is 1.